The van der Waals surface area contributed by atoms with Gasteiger partial charge in [-0.1, -0.05) is 17.7 Å². The van der Waals surface area contributed by atoms with E-state index in [9.17, 15) is 9.59 Å². The second-order valence-electron chi connectivity index (χ2n) is 6.42. The molecule has 0 radical (unpaired) electrons. The van der Waals surface area contributed by atoms with E-state index in [4.69, 9.17) is 0 Å². The molecule has 4 nitrogen and oxygen atoms in total. The number of carbonyl (C=O) groups is 2. The molecule has 4 heteroatoms. The van der Waals surface area contributed by atoms with Crippen molar-refractivity contribution in [3.05, 3.63) is 58.7 Å². The lowest BCUT2D eigenvalue weighted by atomic mass is 10.0. The lowest BCUT2D eigenvalue weighted by Gasteiger charge is -2.19. The van der Waals surface area contributed by atoms with Crippen LogP contribution in [-0.4, -0.2) is 18.4 Å². The molecule has 1 fully saturated rings. The third-order valence-electron chi connectivity index (χ3n) is 4.45. The highest BCUT2D eigenvalue weighted by Crippen LogP contribution is 2.27. The maximum Gasteiger partial charge on any atom is 0.255 e. The summed E-state index contributed by atoms with van der Waals surface area (Å²) >= 11 is 0. The average Bonchev–Trinajstić information content (AvgIpc) is 2.93. The molecule has 1 saturated heterocycles. The number of benzene rings is 2. The number of amides is 2. The van der Waals surface area contributed by atoms with Crippen molar-refractivity contribution in [2.24, 2.45) is 0 Å². The van der Waals surface area contributed by atoms with Crippen molar-refractivity contribution >= 4 is 23.2 Å². The van der Waals surface area contributed by atoms with Gasteiger partial charge in [-0.25, -0.2) is 0 Å². The molecular formula is C20H22N2O2. The minimum Gasteiger partial charge on any atom is -0.322 e. The van der Waals surface area contributed by atoms with Crippen LogP contribution in [0.5, 0.6) is 0 Å². The fourth-order valence-electron chi connectivity index (χ4n) is 3.21. The van der Waals surface area contributed by atoms with Crippen molar-refractivity contribution in [2.75, 3.05) is 16.8 Å². The van der Waals surface area contributed by atoms with Crippen molar-refractivity contribution in [3.8, 4) is 0 Å². The third-order valence-corrected chi connectivity index (χ3v) is 4.45. The normalized spacial score (nSPS) is 14.1. The van der Waals surface area contributed by atoms with E-state index in [1.165, 1.54) is 0 Å². The van der Waals surface area contributed by atoms with Gasteiger partial charge in [0.05, 0.1) is 0 Å². The van der Waals surface area contributed by atoms with E-state index < -0.39 is 0 Å². The first-order chi connectivity index (χ1) is 11.5. The summed E-state index contributed by atoms with van der Waals surface area (Å²) in [6, 6.07) is 11.5. The van der Waals surface area contributed by atoms with Gasteiger partial charge in [0.2, 0.25) is 5.91 Å². The van der Waals surface area contributed by atoms with E-state index in [0.29, 0.717) is 12.0 Å². The van der Waals surface area contributed by atoms with Crippen LogP contribution in [-0.2, 0) is 4.79 Å². The van der Waals surface area contributed by atoms with E-state index in [1.54, 1.807) is 0 Å². The Bertz CT molecular complexity index is 811. The Morgan fingerprint density at radius 1 is 1.04 bits per heavy atom. The number of rotatable bonds is 3. The summed E-state index contributed by atoms with van der Waals surface area (Å²) < 4.78 is 0. The summed E-state index contributed by atoms with van der Waals surface area (Å²) in [6.45, 7) is 6.69. The maximum absolute atomic E-state index is 12.5. The molecule has 0 aliphatic carbocycles. The molecular weight excluding hydrogens is 300 g/mol. The first kappa shape index (κ1) is 16.2. The van der Waals surface area contributed by atoms with Crippen LogP contribution in [0.15, 0.2) is 36.4 Å². The van der Waals surface area contributed by atoms with Gasteiger partial charge in [0.15, 0.2) is 0 Å². The molecule has 2 aromatic carbocycles. The first-order valence-corrected chi connectivity index (χ1v) is 8.25. The Morgan fingerprint density at radius 2 is 1.83 bits per heavy atom. The highest BCUT2D eigenvalue weighted by Gasteiger charge is 2.23. The monoisotopic (exact) mass is 322 g/mol. The van der Waals surface area contributed by atoms with Gasteiger partial charge in [-0.2, -0.15) is 0 Å². The van der Waals surface area contributed by atoms with Crippen LogP contribution in [0.4, 0.5) is 11.4 Å². The number of hydrogen-bond donors (Lipinski definition) is 1. The van der Waals surface area contributed by atoms with Gasteiger partial charge in [0.25, 0.3) is 5.91 Å². The van der Waals surface area contributed by atoms with Crippen LogP contribution in [0.3, 0.4) is 0 Å². The summed E-state index contributed by atoms with van der Waals surface area (Å²) in [6.07, 6.45) is 1.52. The summed E-state index contributed by atoms with van der Waals surface area (Å²) in [5.74, 6) is 0.0575. The molecule has 124 valence electrons. The Morgan fingerprint density at radius 3 is 2.46 bits per heavy atom. The van der Waals surface area contributed by atoms with E-state index in [-0.39, 0.29) is 11.8 Å². The smallest absolute Gasteiger partial charge is 0.255 e. The van der Waals surface area contributed by atoms with Crippen molar-refractivity contribution < 1.29 is 9.59 Å². The molecule has 0 bridgehead atoms. The van der Waals surface area contributed by atoms with Crippen molar-refractivity contribution in [3.63, 3.8) is 0 Å². The average molecular weight is 322 g/mol. The third kappa shape index (κ3) is 3.18. The predicted octanol–water partition coefficient (Wildman–Crippen LogP) is 3.99. The van der Waals surface area contributed by atoms with Crippen molar-refractivity contribution in [2.45, 2.75) is 33.6 Å². The van der Waals surface area contributed by atoms with Gasteiger partial charge in [-0.3, -0.25) is 9.59 Å². The Hall–Kier alpha value is -2.62. The second-order valence-corrected chi connectivity index (χ2v) is 6.42. The van der Waals surface area contributed by atoms with Crippen LogP contribution >= 0.6 is 0 Å². The molecule has 0 spiro atoms. The fraction of sp³-hybridized carbons (Fsp3) is 0.300. The highest BCUT2D eigenvalue weighted by atomic mass is 16.2. The van der Waals surface area contributed by atoms with E-state index in [2.05, 4.69) is 5.32 Å². The first-order valence-electron chi connectivity index (χ1n) is 8.25. The molecule has 2 amide bonds. The molecule has 1 N–H and O–H groups in total. The molecule has 2 aromatic rings. The lowest BCUT2D eigenvalue weighted by Crippen LogP contribution is -2.24. The fourth-order valence-corrected chi connectivity index (χ4v) is 3.21. The second kappa shape index (κ2) is 6.48. The highest BCUT2D eigenvalue weighted by molar-refractivity contribution is 6.05. The van der Waals surface area contributed by atoms with E-state index in [0.717, 1.165) is 41.0 Å². The van der Waals surface area contributed by atoms with Crippen LogP contribution in [0, 0.1) is 20.8 Å². The molecule has 1 aliphatic rings. The van der Waals surface area contributed by atoms with Gasteiger partial charge in [-0.15, -0.1) is 0 Å². The van der Waals surface area contributed by atoms with Crippen molar-refractivity contribution in [1.29, 1.82) is 0 Å². The topological polar surface area (TPSA) is 49.4 Å². The minimum atomic E-state index is -0.114. The number of aryl methyl sites for hydroxylation is 3. The molecule has 1 heterocycles. The molecule has 0 unspecified atom stereocenters. The SMILES string of the molecule is Cc1ccc(C(=O)Nc2ccc(N3CCCC3=O)c(C)c2)c(C)c1. The lowest BCUT2D eigenvalue weighted by molar-refractivity contribution is -0.117. The standard InChI is InChI=1S/C20H22N2O2/c1-13-6-8-17(14(2)11-13)20(24)21-16-7-9-18(15(3)12-16)22-10-4-5-19(22)23/h6-9,11-12H,4-5,10H2,1-3H3,(H,21,24). The summed E-state index contributed by atoms with van der Waals surface area (Å²) in [7, 11) is 0. The summed E-state index contributed by atoms with van der Waals surface area (Å²) in [5, 5.41) is 2.95. The van der Waals surface area contributed by atoms with E-state index >= 15 is 0 Å². The largest absolute Gasteiger partial charge is 0.322 e. The molecule has 24 heavy (non-hydrogen) atoms. The van der Waals surface area contributed by atoms with Gasteiger partial charge in [-0.05, 0) is 62.6 Å². The van der Waals surface area contributed by atoms with Crippen LogP contribution in [0.2, 0.25) is 0 Å². The molecule has 0 saturated carbocycles. The van der Waals surface area contributed by atoms with E-state index in [1.807, 2.05) is 62.1 Å². The predicted molar refractivity (Wildman–Crippen MR) is 96.6 cm³/mol. The zero-order valence-corrected chi connectivity index (χ0v) is 14.3. The molecule has 0 atom stereocenters. The number of carbonyl (C=O) groups excluding carboxylic acids is 2. The number of anilines is 2. The minimum absolute atomic E-state index is 0.114. The molecule has 1 aliphatic heterocycles. The molecule has 3 rings (SSSR count). The Labute approximate surface area is 142 Å². The molecule has 0 aromatic heterocycles. The van der Waals surface area contributed by atoms with Gasteiger partial charge < -0.3 is 10.2 Å². The zero-order chi connectivity index (χ0) is 17.3. The maximum atomic E-state index is 12.5. The number of nitrogens with one attached hydrogen (secondary N) is 1. The number of hydrogen-bond acceptors (Lipinski definition) is 2. The van der Waals surface area contributed by atoms with Gasteiger partial charge >= 0.3 is 0 Å². The van der Waals surface area contributed by atoms with Crippen molar-refractivity contribution in [1.82, 2.24) is 0 Å². The Kier molecular flexibility index (Phi) is 4.38. The summed E-state index contributed by atoms with van der Waals surface area (Å²) in [5.41, 5.74) is 5.44. The zero-order valence-electron chi connectivity index (χ0n) is 14.3. The van der Waals surface area contributed by atoms with Gasteiger partial charge in [0.1, 0.15) is 0 Å². The Balaban J connectivity index is 1.79. The quantitative estimate of drug-likeness (QED) is 0.929. The van der Waals surface area contributed by atoms with Crippen LogP contribution < -0.4 is 10.2 Å². The van der Waals surface area contributed by atoms with Crippen LogP contribution in [0.25, 0.3) is 0 Å². The number of nitrogens with zero attached hydrogens (tertiary/aromatic N) is 1. The summed E-state index contributed by atoms with van der Waals surface area (Å²) in [4.78, 5) is 26.2. The van der Waals surface area contributed by atoms with Crippen LogP contribution in [0.1, 0.15) is 39.9 Å². The van der Waals surface area contributed by atoms with Gasteiger partial charge in [0, 0.05) is 29.9 Å².